The number of nitrogens with one attached hydrogen (secondary N) is 1. The van der Waals surface area contributed by atoms with Crippen LogP contribution in [0.4, 0.5) is 4.39 Å². The van der Waals surface area contributed by atoms with Crippen LogP contribution in [0, 0.1) is 5.82 Å². The number of benzene rings is 1. The Kier molecular flexibility index (Phi) is 2.98. The quantitative estimate of drug-likeness (QED) is 0.897. The zero-order chi connectivity index (χ0) is 13.2. The van der Waals surface area contributed by atoms with E-state index in [1.165, 1.54) is 18.5 Å². The first kappa shape index (κ1) is 11.8. The number of likely N-dealkylation sites (tertiary alicyclic amines) is 1. The van der Waals surface area contributed by atoms with Gasteiger partial charge >= 0.3 is 0 Å². The van der Waals surface area contributed by atoms with Crippen LogP contribution in [0.25, 0.3) is 0 Å². The molecule has 1 N–H and O–H groups in total. The highest BCUT2D eigenvalue weighted by Gasteiger charge is 2.31. The minimum Gasteiger partial charge on any atom is -0.329 e. The number of aromatic amines is 1. The molecule has 1 amide bonds. The van der Waals surface area contributed by atoms with Crippen molar-refractivity contribution in [3.8, 4) is 0 Å². The van der Waals surface area contributed by atoms with Gasteiger partial charge in [0, 0.05) is 6.54 Å². The number of hydrogen-bond donors (Lipinski definition) is 1. The van der Waals surface area contributed by atoms with Crippen molar-refractivity contribution in [1.29, 1.82) is 0 Å². The summed E-state index contributed by atoms with van der Waals surface area (Å²) in [6.07, 6.45) is 3.13. The second-order valence-corrected chi connectivity index (χ2v) is 4.54. The molecule has 0 aliphatic carbocycles. The molecule has 98 valence electrons. The normalized spacial score (nSPS) is 18.8. The molecule has 5 nitrogen and oxygen atoms in total. The van der Waals surface area contributed by atoms with E-state index in [9.17, 15) is 9.18 Å². The van der Waals surface area contributed by atoms with Crippen LogP contribution in [0.2, 0.25) is 0 Å². The fourth-order valence-electron chi connectivity index (χ4n) is 2.49. The smallest absolute Gasteiger partial charge is 0.291 e. The summed E-state index contributed by atoms with van der Waals surface area (Å²) in [4.78, 5) is 17.9. The highest BCUT2D eigenvalue weighted by Crippen LogP contribution is 2.32. The van der Waals surface area contributed by atoms with E-state index < -0.39 is 0 Å². The lowest BCUT2D eigenvalue weighted by molar-refractivity contribution is 0.0723. The van der Waals surface area contributed by atoms with Gasteiger partial charge in [-0.3, -0.25) is 9.89 Å². The summed E-state index contributed by atoms with van der Waals surface area (Å²) >= 11 is 0. The second kappa shape index (κ2) is 4.79. The molecule has 1 atom stereocenters. The molecule has 6 heteroatoms. The molecule has 19 heavy (non-hydrogen) atoms. The van der Waals surface area contributed by atoms with Crippen molar-refractivity contribution >= 4 is 5.91 Å². The average molecular weight is 260 g/mol. The van der Waals surface area contributed by atoms with Crippen molar-refractivity contribution in [3.63, 3.8) is 0 Å². The number of aromatic nitrogens is 3. The number of carbonyl (C=O) groups is 1. The standard InChI is InChI=1S/C13H13FN4O/c14-10-5-3-9(4-6-10)11-2-1-7-18(11)13(19)12-15-8-16-17-12/h3-6,8,11H,1-2,7H2,(H,15,16,17). The number of halogens is 1. The predicted octanol–water partition coefficient (Wildman–Crippen LogP) is 1.92. The fourth-order valence-corrected chi connectivity index (χ4v) is 2.49. The molecule has 1 aliphatic heterocycles. The van der Waals surface area contributed by atoms with Gasteiger partial charge < -0.3 is 4.90 Å². The van der Waals surface area contributed by atoms with Gasteiger partial charge in [0.2, 0.25) is 5.82 Å². The van der Waals surface area contributed by atoms with E-state index in [1.807, 2.05) is 0 Å². The van der Waals surface area contributed by atoms with Crippen LogP contribution in [0.1, 0.15) is 35.1 Å². The minimum atomic E-state index is -0.269. The number of amides is 1. The highest BCUT2D eigenvalue weighted by atomic mass is 19.1. The molecule has 0 spiro atoms. The predicted molar refractivity (Wildman–Crippen MR) is 65.8 cm³/mol. The zero-order valence-corrected chi connectivity index (χ0v) is 10.2. The number of rotatable bonds is 2. The lowest BCUT2D eigenvalue weighted by Crippen LogP contribution is -2.31. The van der Waals surface area contributed by atoms with Crippen molar-refractivity contribution < 1.29 is 9.18 Å². The van der Waals surface area contributed by atoms with Gasteiger partial charge in [-0.2, -0.15) is 5.10 Å². The first-order chi connectivity index (χ1) is 9.25. The first-order valence-electron chi connectivity index (χ1n) is 6.17. The van der Waals surface area contributed by atoms with E-state index in [1.54, 1.807) is 17.0 Å². The lowest BCUT2D eigenvalue weighted by Gasteiger charge is -2.24. The minimum absolute atomic E-state index is 0.0156. The maximum absolute atomic E-state index is 12.9. The van der Waals surface area contributed by atoms with Crippen LogP contribution in [0.3, 0.4) is 0 Å². The van der Waals surface area contributed by atoms with E-state index in [2.05, 4.69) is 15.2 Å². The van der Waals surface area contributed by atoms with Crippen LogP contribution < -0.4 is 0 Å². The van der Waals surface area contributed by atoms with E-state index in [0.29, 0.717) is 6.54 Å². The number of nitrogens with zero attached hydrogens (tertiary/aromatic N) is 3. The molecule has 2 aromatic rings. The van der Waals surface area contributed by atoms with Crippen LogP contribution in [-0.4, -0.2) is 32.5 Å². The Morgan fingerprint density at radius 1 is 1.37 bits per heavy atom. The Labute approximate surface area is 109 Å². The molecule has 1 unspecified atom stereocenters. The summed E-state index contributed by atoms with van der Waals surface area (Å²) in [6, 6.07) is 6.28. The van der Waals surface area contributed by atoms with Gasteiger partial charge in [0.1, 0.15) is 12.1 Å². The van der Waals surface area contributed by atoms with Gasteiger partial charge in [-0.05, 0) is 30.5 Å². The number of hydrogen-bond acceptors (Lipinski definition) is 3. The Morgan fingerprint density at radius 2 is 2.16 bits per heavy atom. The molecule has 0 saturated carbocycles. The Balaban J connectivity index is 1.85. The average Bonchev–Trinajstić information content (AvgIpc) is 3.10. The topological polar surface area (TPSA) is 61.9 Å². The van der Waals surface area contributed by atoms with Crippen molar-refractivity contribution in [1.82, 2.24) is 20.1 Å². The third-order valence-corrected chi connectivity index (χ3v) is 3.39. The third-order valence-electron chi connectivity index (χ3n) is 3.39. The van der Waals surface area contributed by atoms with Gasteiger partial charge in [0.15, 0.2) is 0 Å². The second-order valence-electron chi connectivity index (χ2n) is 4.54. The van der Waals surface area contributed by atoms with Crippen molar-refractivity contribution in [2.24, 2.45) is 0 Å². The van der Waals surface area contributed by atoms with E-state index in [4.69, 9.17) is 0 Å². The molecule has 1 aromatic carbocycles. The fraction of sp³-hybridized carbons (Fsp3) is 0.308. The highest BCUT2D eigenvalue weighted by molar-refractivity contribution is 5.90. The Morgan fingerprint density at radius 3 is 2.84 bits per heavy atom. The maximum atomic E-state index is 12.9. The molecule has 3 rings (SSSR count). The van der Waals surface area contributed by atoms with E-state index in [0.717, 1.165) is 18.4 Å². The molecule has 0 bridgehead atoms. The SMILES string of the molecule is O=C(c1ncn[nH]1)N1CCCC1c1ccc(F)cc1. The Hall–Kier alpha value is -2.24. The molecule has 1 aliphatic rings. The third kappa shape index (κ3) is 2.21. The van der Waals surface area contributed by atoms with Gasteiger partial charge in [0.25, 0.3) is 5.91 Å². The Bertz CT molecular complexity index is 567. The van der Waals surface area contributed by atoms with Gasteiger partial charge in [-0.25, -0.2) is 9.37 Å². The van der Waals surface area contributed by atoms with Crippen LogP contribution in [0.15, 0.2) is 30.6 Å². The molecular weight excluding hydrogens is 247 g/mol. The summed E-state index contributed by atoms with van der Waals surface area (Å²) in [5.41, 5.74) is 0.951. The molecule has 0 radical (unpaired) electrons. The largest absolute Gasteiger partial charge is 0.329 e. The molecular formula is C13H13FN4O. The molecule has 1 saturated heterocycles. The molecule has 1 fully saturated rings. The van der Waals surface area contributed by atoms with Gasteiger partial charge in [-0.1, -0.05) is 12.1 Å². The maximum Gasteiger partial charge on any atom is 0.291 e. The number of H-pyrrole nitrogens is 1. The molecule has 1 aromatic heterocycles. The van der Waals surface area contributed by atoms with Crippen molar-refractivity contribution in [3.05, 3.63) is 47.8 Å². The van der Waals surface area contributed by atoms with E-state index in [-0.39, 0.29) is 23.6 Å². The van der Waals surface area contributed by atoms with Gasteiger partial charge in [-0.15, -0.1) is 0 Å². The van der Waals surface area contributed by atoms with Crippen molar-refractivity contribution in [2.45, 2.75) is 18.9 Å². The number of carbonyl (C=O) groups excluding carboxylic acids is 1. The van der Waals surface area contributed by atoms with Crippen LogP contribution >= 0.6 is 0 Å². The zero-order valence-electron chi connectivity index (χ0n) is 10.2. The lowest BCUT2D eigenvalue weighted by atomic mass is 10.0. The monoisotopic (exact) mass is 260 g/mol. The summed E-state index contributed by atoms with van der Waals surface area (Å²) in [7, 11) is 0. The summed E-state index contributed by atoms with van der Waals surface area (Å²) in [6.45, 7) is 0.682. The van der Waals surface area contributed by atoms with Gasteiger partial charge in [0.05, 0.1) is 6.04 Å². The van der Waals surface area contributed by atoms with Crippen LogP contribution in [-0.2, 0) is 0 Å². The van der Waals surface area contributed by atoms with E-state index >= 15 is 0 Å². The summed E-state index contributed by atoms with van der Waals surface area (Å²) < 4.78 is 12.9. The summed E-state index contributed by atoms with van der Waals surface area (Å²) in [5, 5.41) is 6.27. The first-order valence-corrected chi connectivity index (χ1v) is 6.17. The summed E-state index contributed by atoms with van der Waals surface area (Å²) in [5.74, 6) is -0.187. The molecule has 2 heterocycles. The van der Waals surface area contributed by atoms with Crippen molar-refractivity contribution in [2.75, 3.05) is 6.54 Å². The van der Waals surface area contributed by atoms with Crippen LogP contribution in [0.5, 0.6) is 0 Å².